The first-order valence-corrected chi connectivity index (χ1v) is 11.8. The molecule has 0 aromatic heterocycles. The summed E-state index contributed by atoms with van der Waals surface area (Å²) in [5.74, 6) is -2.70. The van der Waals surface area contributed by atoms with Gasteiger partial charge < -0.3 is 4.74 Å². The molecule has 4 heteroatoms. The molecule has 0 aliphatic carbocycles. The second-order valence-corrected chi connectivity index (χ2v) is 8.71. The van der Waals surface area contributed by atoms with E-state index in [0.29, 0.717) is 54.4 Å². The molecule has 0 N–H and O–H groups in total. The standard InChI is InChI=1S/C30H29F3O/c1-3-5-7-8-20-10-12-21(13-11-20)14-15-23-18-25-19-24-17-16-22(9-6-4-2)27(32)29(24)34-30(25)28(33)26(23)31/h3-5,10-13,16-18H,2,6-9,14-15,19H2,1H3/b5-3+. The van der Waals surface area contributed by atoms with E-state index in [1.54, 1.807) is 24.3 Å². The topological polar surface area (TPSA) is 9.23 Å². The first-order valence-electron chi connectivity index (χ1n) is 11.8. The molecule has 3 aromatic carbocycles. The van der Waals surface area contributed by atoms with E-state index in [4.69, 9.17) is 4.74 Å². The van der Waals surface area contributed by atoms with Crippen molar-refractivity contribution in [1.29, 1.82) is 0 Å². The SMILES string of the molecule is C=CCCc1ccc2c(c1F)Oc1c(cc(CCc3ccc(CC/C=C/C)cc3)c(F)c1F)C2. The van der Waals surface area contributed by atoms with Gasteiger partial charge in [-0.05, 0) is 73.8 Å². The average Bonchev–Trinajstić information content (AvgIpc) is 2.85. The van der Waals surface area contributed by atoms with Crippen LogP contribution in [0.15, 0.2) is 67.3 Å². The molecule has 1 nitrogen and oxygen atoms in total. The van der Waals surface area contributed by atoms with Gasteiger partial charge in [-0.15, -0.1) is 6.58 Å². The minimum atomic E-state index is -1.05. The third-order valence-electron chi connectivity index (χ3n) is 6.32. The Hall–Kier alpha value is -3.27. The second-order valence-electron chi connectivity index (χ2n) is 8.71. The van der Waals surface area contributed by atoms with Gasteiger partial charge in [-0.1, -0.05) is 54.6 Å². The van der Waals surface area contributed by atoms with Gasteiger partial charge in [0.2, 0.25) is 5.82 Å². The maximum Gasteiger partial charge on any atom is 0.201 e. The fraction of sp³-hybridized carbons (Fsp3) is 0.267. The third kappa shape index (κ3) is 5.11. The zero-order valence-electron chi connectivity index (χ0n) is 19.5. The van der Waals surface area contributed by atoms with Crippen LogP contribution in [0.4, 0.5) is 13.2 Å². The largest absolute Gasteiger partial charge is 0.450 e. The van der Waals surface area contributed by atoms with Gasteiger partial charge in [0, 0.05) is 17.5 Å². The van der Waals surface area contributed by atoms with Crippen molar-refractivity contribution in [3.8, 4) is 11.5 Å². The molecule has 0 saturated carbocycles. The van der Waals surface area contributed by atoms with Gasteiger partial charge in [-0.3, -0.25) is 0 Å². The number of hydrogen-bond donors (Lipinski definition) is 0. The predicted molar refractivity (Wildman–Crippen MR) is 131 cm³/mol. The maximum atomic E-state index is 15.0. The van der Waals surface area contributed by atoms with Crippen LogP contribution in [-0.2, 0) is 32.1 Å². The van der Waals surface area contributed by atoms with Crippen molar-refractivity contribution in [2.75, 3.05) is 0 Å². The van der Waals surface area contributed by atoms with Gasteiger partial charge in [0.1, 0.15) is 0 Å². The van der Waals surface area contributed by atoms with E-state index in [1.165, 1.54) is 5.56 Å². The fourth-order valence-corrected chi connectivity index (χ4v) is 4.36. The van der Waals surface area contributed by atoms with Crippen molar-refractivity contribution in [2.45, 2.75) is 51.9 Å². The highest BCUT2D eigenvalue weighted by atomic mass is 19.2. The molecule has 0 fully saturated rings. The molecule has 0 radical (unpaired) electrons. The molecular weight excluding hydrogens is 433 g/mol. The van der Waals surface area contributed by atoms with Crippen molar-refractivity contribution in [1.82, 2.24) is 0 Å². The van der Waals surface area contributed by atoms with Gasteiger partial charge >= 0.3 is 0 Å². The van der Waals surface area contributed by atoms with Crippen molar-refractivity contribution >= 4 is 0 Å². The lowest BCUT2D eigenvalue weighted by Crippen LogP contribution is -2.11. The van der Waals surface area contributed by atoms with Crippen LogP contribution in [0, 0.1) is 17.5 Å². The lowest BCUT2D eigenvalue weighted by molar-refractivity contribution is 0.377. The summed E-state index contributed by atoms with van der Waals surface area (Å²) in [5, 5.41) is 0. The quantitative estimate of drug-likeness (QED) is 0.228. The Morgan fingerprint density at radius 2 is 1.47 bits per heavy atom. The van der Waals surface area contributed by atoms with Crippen LogP contribution in [0.1, 0.15) is 53.1 Å². The van der Waals surface area contributed by atoms with Gasteiger partial charge in [-0.25, -0.2) is 8.78 Å². The van der Waals surface area contributed by atoms with Crippen molar-refractivity contribution in [2.24, 2.45) is 0 Å². The number of ether oxygens (including phenoxy) is 1. The van der Waals surface area contributed by atoms with Gasteiger partial charge in [0.15, 0.2) is 23.1 Å². The summed E-state index contributed by atoms with van der Waals surface area (Å²) >= 11 is 0. The minimum absolute atomic E-state index is 0.00497. The van der Waals surface area contributed by atoms with E-state index in [1.807, 2.05) is 25.1 Å². The second kappa shape index (κ2) is 10.8. The molecule has 34 heavy (non-hydrogen) atoms. The average molecular weight is 463 g/mol. The number of fused-ring (bicyclic) bond motifs is 2. The Labute approximate surface area is 199 Å². The Bertz CT molecular complexity index is 1210. The van der Waals surface area contributed by atoms with E-state index < -0.39 is 17.5 Å². The number of aryl methyl sites for hydroxylation is 4. The zero-order valence-corrected chi connectivity index (χ0v) is 19.5. The van der Waals surface area contributed by atoms with E-state index in [-0.39, 0.29) is 11.5 Å². The van der Waals surface area contributed by atoms with Gasteiger partial charge in [0.25, 0.3) is 0 Å². The highest BCUT2D eigenvalue weighted by Crippen LogP contribution is 2.42. The molecule has 0 atom stereocenters. The van der Waals surface area contributed by atoms with Crippen LogP contribution in [-0.4, -0.2) is 0 Å². The van der Waals surface area contributed by atoms with Crippen LogP contribution in [0.2, 0.25) is 0 Å². The number of hydrogen-bond acceptors (Lipinski definition) is 1. The predicted octanol–water partition coefficient (Wildman–Crippen LogP) is 8.21. The Kier molecular flexibility index (Phi) is 7.56. The lowest BCUT2D eigenvalue weighted by atomic mass is 9.94. The molecule has 1 aliphatic heterocycles. The number of benzene rings is 3. The fourth-order valence-electron chi connectivity index (χ4n) is 4.36. The molecule has 0 unspecified atom stereocenters. The first-order chi connectivity index (χ1) is 16.5. The van der Waals surface area contributed by atoms with Crippen LogP contribution in [0.3, 0.4) is 0 Å². The summed E-state index contributed by atoms with van der Waals surface area (Å²) in [6, 6.07) is 13.5. The van der Waals surface area contributed by atoms with Crippen LogP contribution >= 0.6 is 0 Å². The molecule has 4 rings (SSSR count). The molecule has 1 aliphatic rings. The van der Waals surface area contributed by atoms with Crippen LogP contribution in [0.25, 0.3) is 0 Å². The number of rotatable bonds is 9. The van der Waals surface area contributed by atoms with Gasteiger partial charge in [-0.2, -0.15) is 4.39 Å². The summed E-state index contributed by atoms with van der Waals surface area (Å²) in [6.45, 7) is 5.67. The monoisotopic (exact) mass is 462 g/mol. The van der Waals surface area contributed by atoms with Gasteiger partial charge in [0.05, 0.1) is 0 Å². The van der Waals surface area contributed by atoms with E-state index >= 15 is 0 Å². The molecule has 0 bridgehead atoms. The molecule has 0 saturated heterocycles. The van der Waals surface area contributed by atoms with E-state index in [0.717, 1.165) is 18.4 Å². The first kappa shape index (κ1) is 23.9. The molecule has 176 valence electrons. The summed E-state index contributed by atoms with van der Waals surface area (Å²) < 4.78 is 50.4. The molecular formula is C30H29F3O. The molecule has 0 amide bonds. The zero-order chi connectivity index (χ0) is 24.1. The molecule has 1 heterocycles. The summed E-state index contributed by atoms with van der Waals surface area (Å²) in [7, 11) is 0. The number of halogens is 3. The van der Waals surface area contributed by atoms with E-state index in [2.05, 4.69) is 24.8 Å². The van der Waals surface area contributed by atoms with Crippen molar-refractivity contribution in [3.63, 3.8) is 0 Å². The van der Waals surface area contributed by atoms with Crippen molar-refractivity contribution in [3.05, 3.63) is 118 Å². The normalized spacial score (nSPS) is 12.4. The van der Waals surface area contributed by atoms with E-state index in [9.17, 15) is 13.2 Å². The molecule has 3 aromatic rings. The summed E-state index contributed by atoms with van der Waals surface area (Å²) in [6.07, 6.45) is 10.2. The maximum absolute atomic E-state index is 15.0. The third-order valence-corrected chi connectivity index (χ3v) is 6.32. The summed E-state index contributed by atoms with van der Waals surface area (Å²) in [5.41, 5.74) is 4.29. The summed E-state index contributed by atoms with van der Waals surface area (Å²) in [4.78, 5) is 0. The Balaban J connectivity index is 1.50. The Morgan fingerprint density at radius 1 is 0.765 bits per heavy atom. The number of allylic oxidation sites excluding steroid dienone is 3. The molecule has 0 spiro atoms. The Morgan fingerprint density at radius 3 is 2.18 bits per heavy atom. The highest BCUT2D eigenvalue weighted by Gasteiger charge is 2.28. The lowest BCUT2D eigenvalue weighted by Gasteiger charge is -2.23. The van der Waals surface area contributed by atoms with Crippen molar-refractivity contribution < 1.29 is 17.9 Å². The highest BCUT2D eigenvalue weighted by molar-refractivity contribution is 5.53. The van der Waals surface area contributed by atoms with Crippen LogP contribution in [0.5, 0.6) is 11.5 Å². The smallest absolute Gasteiger partial charge is 0.201 e. The van der Waals surface area contributed by atoms with Crippen LogP contribution < -0.4 is 4.74 Å². The minimum Gasteiger partial charge on any atom is -0.450 e.